The van der Waals surface area contributed by atoms with Gasteiger partial charge in [0.2, 0.25) is 0 Å². The van der Waals surface area contributed by atoms with E-state index in [9.17, 15) is 0 Å². The van der Waals surface area contributed by atoms with Crippen molar-refractivity contribution in [3.8, 4) is 0 Å². The Hall–Kier alpha value is 0.200. The minimum absolute atomic E-state index is 0.670. The van der Waals surface area contributed by atoms with E-state index >= 15 is 0 Å². The molecule has 0 aliphatic rings. The summed E-state index contributed by atoms with van der Waals surface area (Å²) in [6.45, 7) is 4.65. The minimum atomic E-state index is 0.670. The van der Waals surface area contributed by atoms with E-state index in [-0.39, 0.29) is 0 Å². The first-order chi connectivity index (χ1) is 4.81. The fourth-order valence-corrected chi connectivity index (χ4v) is 0.821. The van der Waals surface area contributed by atoms with Crippen LogP contribution in [0.3, 0.4) is 0 Å². The number of nitrogens with one attached hydrogen (secondary N) is 1. The molecule has 0 heterocycles. The van der Waals surface area contributed by atoms with E-state index in [0.717, 1.165) is 37.8 Å². The third-order valence-corrected chi connectivity index (χ3v) is 1.84. The molecule has 0 spiro atoms. The number of rotatable bonds is 4. The molecule has 0 aromatic rings. The molecule has 4 heteroatoms. The number of hydrogen-bond acceptors (Lipinski definition) is 3. The Morgan fingerprint density at radius 3 is 2.80 bits per heavy atom. The molecule has 59 valence electrons. The van der Waals surface area contributed by atoms with Crippen LogP contribution in [0.5, 0.6) is 0 Å². The van der Waals surface area contributed by atoms with Crippen molar-refractivity contribution in [1.29, 1.82) is 0 Å². The molecule has 0 unspecified atom stereocenters. The average molecular weight is 177 g/mol. The molecule has 0 aliphatic heterocycles. The Kier molecular flexibility index (Phi) is 7.45. The summed E-state index contributed by atoms with van der Waals surface area (Å²) in [6.07, 6.45) is 3.25. The zero-order chi connectivity index (χ0) is 7.82. The summed E-state index contributed by atoms with van der Waals surface area (Å²) >= 11 is 5.90. The molecule has 1 radical (unpaired) electrons. The van der Waals surface area contributed by atoms with E-state index < -0.39 is 0 Å². The van der Waals surface area contributed by atoms with Gasteiger partial charge in [-0.3, -0.25) is 5.14 Å². The molecule has 0 aromatic heterocycles. The molecule has 0 saturated heterocycles. The van der Waals surface area contributed by atoms with Crippen LogP contribution in [0.2, 0.25) is 0 Å². The molecular weight excluding hydrogens is 164 g/mol. The van der Waals surface area contributed by atoms with E-state index in [4.69, 9.17) is 17.4 Å². The lowest BCUT2D eigenvalue weighted by atomic mass is 10.2. The lowest BCUT2D eigenvalue weighted by Crippen LogP contribution is -2.20. The molecule has 3 N–H and O–H groups in total. The third-order valence-electron chi connectivity index (χ3n) is 1.05. The summed E-state index contributed by atoms with van der Waals surface area (Å²) in [5, 5.41) is 8.20. The lowest BCUT2D eigenvalue weighted by Gasteiger charge is -2.02. The minimum Gasteiger partial charge on any atom is -0.370 e. The zero-order valence-corrected chi connectivity index (χ0v) is 7.56. The fourth-order valence-electron chi connectivity index (χ4n) is 0.534. The monoisotopic (exact) mass is 177 g/mol. The summed E-state index contributed by atoms with van der Waals surface area (Å²) in [4.78, 5) is 0. The van der Waals surface area contributed by atoms with Crippen molar-refractivity contribution in [1.82, 2.24) is 5.32 Å². The molecule has 0 amide bonds. The molecule has 0 atom stereocenters. The van der Waals surface area contributed by atoms with E-state index in [0.29, 0.717) is 4.32 Å². The highest BCUT2D eigenvalue weighted by Gasteiger charge is 1.90. The van der Waals surface area contributed by atoms with Gasteiger partial charge in [-0.15, -0.1) is 0 Å². The zero-order valence-electron chi connectivity index (χ0n) is 5.93. The summed E-state index contributed by atoms with van der Waals surface area (Å²) < 4.78 is 0.670. The van der Waals surface area contributed by atoms with Crippen LogP contribution in [0, 0.1) is 6.92 Å². The van der Waals surface area contributed by atoms with Gasteiger partial charge in [-0.2, -0.15) is 0 Å². The van der Waals surface area contributed by atoms with Gasteiger partial charge in [0.25, 0.3) is 0 Å². The van der Waals surface area contributed by atoms with Crippen LogP contribution in [-0.2, 0) is 0 Å². The second-order valence-electron chi connectivity index (χ2n) is 1.89. The first-order valence-corrected chi connectivity index (χ1v) is 4.54. The van der Waals surface area contributed by atoms with Crippen LogP contribution < -0.4 is 10.5 Å². The van der Waals surface area contributed by atoms with Crippen molar-refractivity contribution in [3.63, 3.8) is 0 Å². The average Bonchev–Trinajstić information content (AvgIpc) is 1.98. The van der Waals surface area contributed by atoms with Gasteiger partial charge in [0.15, 0.2) is 0 Å². The van der Waals surface area contributed by atoms with Crippen LogP contribution in [0.25, 0.3) is 0 Å². The highest BCUT2D eigenvalue weighted by molar-refractivity contribution is 8.21. The SMILES string of the molecule is [CH2]CCCCNC(=S)SN. The summed E-state index contributed by atoms with van der Waals surface area (Å²) in [5.41, 5.74) is 0. The first kappa shape index (κ1) is 10.2. The number of thiocarbonyl (C=S) groups is 1. The molecule has 0 aliphatic carbocycles. The van der Waals surface area contributed by atoms with Crippen LogP contribution in [0.1, 0.15) is 19.3 Å². The second kappa shape index (κ2) is 7.31. The molecule has 0 fully saturated rings. The van der Waals surface area contributed by atoms with Gasteiger partial charge in [0.1, 0.15) is 4.32 Å². The maximum absolute atomic E-state index is 5.19. The van der Waals surface area contributed by atoms with Crippen molar-refractivity contribution in [2.75, 3.05) is 6.54 Å². The van der Waals surface area contributed by atoms with Crippen molar-refractivity contribution in [3.05, 3.63) is 6.92 Å². The van der Waals surface area contributed by atoms with Gasteiger partial charge in [0, 0.05) is 6.54 Å². The smallest absolute Gasteiger partial charge is 0.148 e. The second-order valence-corrected chi connectivity index (χ2v) is 3.20. The highest BCUT2D eigenvalue weighted by atomic mass is 32.2. The largest absolute Gasteiger partial charge is 0.370 e. The van der Waals surface area contributed by atoms with Crippen molar-refractivity contribution in [2.45, 2.75) is 19.3 Å². The summed E-state index contributed by atoms with van der Waals surface area (Å²) in [7, 11) is 0. The van der Waals surface area contributed by atoms with Gasteiger partial charge in [-0.1, -0.05) is 32.0 Å². The van der Waals surface area contributed by atoms with Gasteiger partial charge >= 0.3 is 0 Å². The molecule has 0 saturated carbocycles. The van der Waals surface area contributed by atoms with Gasteiger partial charge < -0.3 is 5.32 Å². The Balaban J connectivity index is 2.96. The van der Waals surface area contributed by atoms with Crippen molar-refractivity contribution >= 4 is 28.5 Å². The van der Waals surface area contributed by atoms with Gasteiger partial charge in [-0.05, 0) is 18.4 Å². The highest BCUT2D eigenvalue weighted by Crippen LogP contribution is 1.93. The molecule has 0 bridgehead atoms. The normalized spacial score (nSPS) is 9.40. The maximum Gasteiger partial charge on any atom is 0.148 e. The van der Waals surface area contributed by atoms with E-state index in [1.54, 1.807) is 0 Å². The van der Waals surface area contributed by atoms with Crippen LogP contribution in [0.15, 0.2) is 0 Å². The van der Waals surface area contributed by atoms with Crippen molar-refractivity contribution in [2.24, 2.45) is 5.14 Å². The first-order valence-electron chi connectivity index (χ1n) is 3.25. The van der Waals surface area contributed by atoms with Gasteiger partial charge in [0.05, 0.1) is 0 Å². The third kappa shape index (κ3) is 6.32. The van der Waals surface area contributed by atoms with E-state index in [1.807, 2.05) is 0 Å². The Labute approximate surface area is 72.1 Å². The fraction of sp³-hybridized carbons (Fsp3) is 0.667. The molecule has 0 aromatic carbocycles. The predicted molar refractivity (Wildman–Crippen MR) is 51.6 cm³/mol. The van der Waals surface area contributed by atoms with Crippen LogP contribution >= 0.6 is 24.2 Å². The number of nitrogens with two attached hydrogens (primary N) is 1. The maximum atomic E-state index is 5.19. The van der Waals surface area contributed by atoms with Gasteiger partial charge in [-0.25, -0.2) is 0 Å². The van der Waals surface area contributed by atoms with E-state index in [2.05, 4.69) is 12.2 Å². The Morgan fingerprint density at radius 2 is 2.30 bits per heavy atom. The molecule has 10 heavy (non-hydrogen) atoms. The Morgan fingerprint density at radius 1 is 1.60 bits per heavy atom. The van der Waals surface area contributed by atoms with Crippen LogP contribution in [0.4, 0.5) is 0 Å². The predicted octanol–water partition coefficient (Wildman–Crippen LogP) is 1.47. The molecular formula is C6H13N2S2. The lowest BCUT2D eigenvalue weighted by molar-refractivity contribution is 0.724. The van der Waals surface area contributed by atoms with Crippen LogP contribution in [-0.4, -0.2) is 10.9 Å². The molecule has 2 nitrogen and oxygen atoms in total. The number of unbranched alkanes of at least 4 members (excludes halogenated alkanes) is 2. The summed E-state index contributed by atoms with van der Waals surface area (Å²) in [5.74, 6) is 0. The van der Waals surface area contributed by atoms with E-state index in [1.165, 1.54) is 0 Å². The quantitative estimate of drug-likeness (QED) is 0.387. The summed E-state index contributed by atoms with van der Waals surface area (Å²) in [6, 6.07) is 0. The Bertz CT molecular complexity index is 95.7. The topological polar surface area (TPSA) is 38.0 Å². The van der Waals surface area contributed by atoms with Crippen molar-refractivity contribution < 1.29 is 0 Å². The molecule has 0 rings (SSSR count). The standard InChI is InChI=1S/C6H13N2S2/c1-2-3-4-5-8-6(9)10-7/h1-5,7H2,(H,8,9). The number of hydrogen-bond donors (Lipinski definition) is 2.